The Morgan fingerprint density at radius 2 is 1.86 bits per heavy atom. The normalized spacial score (nSPS) is 10.7. The van der Waals surface area contributed by atoms with Gasteiger partial charge in [-0.05, 0) is 37.6 Å². The van der Waals surface area contributed by atoms with Crippen molar-refractivity contribution < 1.29 is 9.26 Å². The molecule has 0 aliphatic rings. The molecule has 0 saturated heterocycles. The quantitative estimate of drug-likeness (QED) is 0.707. The van der Waals surface area contributed by atoms with Crippen LogP contribution in [0, 0.1) is 13.8 Å². The number of hydrogen-bond acceptors (Lipinski definition) is 4. The minimum absolute atomic E-state index is 0.222. The van der Waals surface area contributed by atoms with Crippen molar-refractivity contribution in [2.75, 3.05) is 0 Å². The Morgan fingerprint density at radius 3 is 2.59 bits per heavy atom. The Bertz CT molecular complexity index is 782. The summed E-state index contributed by atoms with van der Waals surface area (Å²) >= 11 is 5.98. The Balaban J connectivity index is 1.69. The van der Waals surface area contributed by atoms with Crippen LogP contribution in [-0.4, -0.2) is 10.1 Å². The highest BCUT2D eigenvalue weighted by Gasteiger charge is 2.09. The van der Waals surface area contributed by atoms with E-state index in [0.29, 0.717) is 16.7 Å². The zero-order chi connectivity index (χ0) is 15.5. The van der Waals surface area contributed by atoms with Crippen molar-refractivity contribution in [3.05, 3.63) is 64.5 Å². The maximum absolute atomic E-state index is 5.98. The van der Waals surface area contributed by atoms with Gasteiger partial charge in [0.25, 0.3) is 5.89 Å². The molecule has 0 aliphatic heterocycles. The second-order valence-corrected chi connectivity index (χ2v) is 5.48. The third kappa shape index (κ3) is 3.28. The van der Waals surface area contributed by atoms with Crippen LogP contribution in [0.1, 0.15) is 17.0 Å². The van der Waals surface area contributed by atoms with Crippen molar-refractivity contribution in [2.24, 2.45) is 0 Å². The van der Waals surface area contributed by atoms with Gasteiger partial charge in [-0.25, -0.2) is 0 Å². The number of aryl methyl sites for hydroxylation is 2. The topological polar surface area (TPSA) is 48.2 Å². The van der Waals surface area contributed by atoms with Gasteiger partial charge in [0, 0.05) is 10.6 Å². The molecule has 3 aromatic rings. The molecule has 0 radical (unpaired) electrons. The van der Waals surface area contributed by atoms with Gasteiger partial charge in [0.2, 0.25) is 5.82 Å². The molecule has 22 heavy (non-hydrogen) atoms. The lowest BCUT2D eigenvalue weighted by Crippen LogP contribution is -1.96. The Hall–Kier alpha value is -2.33. The summed E-state index contributed by atoms with van der Waals surface area (Å²) in [6, 6.07) is 13.4. The summed E-state index contributed by atoms with van der Waals surface area (Å²) in [5.74, 6) is 1.71. The van der Waals surface area contributed by atoms with E-state index in [2.05, 4.69) is 10.1 Å². The molecule has 0 N–H and O–H groups in total. The molecule has 0 fully saturated rings. The molecule has 5 heteroatoms. The lowest BCUT2D eigenvalue weighted by Gasteiger charge is -2.04. The highest BCUT2D eigenvalue weighted by Crippen LogP contribution is 2.22. The maximum Gasteiger partial charge on any atom is 0.264 e. The van der Waals surface area contributed by atoms with E-state index in [9.17, 15) is 0 Å². The Kier molecular flexibility index (Phi) is 4.11. The van der Waals surface area contributed by atoms with Crippen molar-refractivity contribution >= 4 is 11.6 Å². The molecule has 0 atom stereocenters. The van der Waals surface area contributed by atoms with Gasteiger partial charge in [-0.15, -0.1) is 0 Å². The van der Waals surface area contributed by atoms with E-state index in [-0.39, 0.29) is 6.61 Å². The first-order chi connectivity index (χ1) is 10.6. The molecule has 2 aromatic carbocycles. The van der Waals surface area contributed by atoms with Crippen LogP contribution in [0.4, 0.5) is 0 Å². The molecule has 112 valence electrons. The largest absolute Gasteiger partial charge is 0.484 e. The second kappa shape index (κ2) is 6.20. The van der Waals surface area contributed by atoms with Gasteiger partial charge in [-0.3, -0.25) is 0 Å². The number of aromatic nitrogens is 2. The van der Waals surface area contributed by atoms with E-state index in [0.717, 1.165) is 16.9 Å². The highest BCUT2D eigenvalue weighted by molar-refractivity contribution is 6.31. The molecular formula is C17H15ClN2O2. The van der Waals surface area contributed by atoms with Gasteiger partial charge < -0.3 is 9.26 Å². The summed E-state index contributed by atoms with van der Waals surface area (Å²) in [6.45, 7) is 4.19. The lowest BCUT2D eigenvalue weighted by atomic mass is 10.1. The summed E-state index contributed by atoms with van der Waals surface area (Å²) in [7, 11) is 0. The van der Waals surface area contributed by atoms with E-state index in [1.54, 1.807) is 6.07 Å². The molecule has 4 nitrogen and oxygen atoms in total. The molecule has 3 rings (SSSR count). The number of ether oxygens (including phenoxy) is 1. The SMILES string of the molecule is Cc1ccc(-c2noc(COc3ccc(Cl)c(C)c3)n2)cc1. The molecule has 0 bridgehead atoms. The fraction of sp³-hybridized carbons (Fsp3) is 0.176. The molecule has 0 aliphatic carbocycles. The lowest BCUT2D eigenvalue weighted by molar-refractivity contribution is 0.243. The van der Waals surface area contributed by atoms with Gasteiger partial charge in [-0.1, -0.05) is 46.6 Å². The van der Waals surface area contributed by atoms with E-state index in [1.807, 2.05) is 50.2 Å². The summed E-state index contributed by atoms with van der Waals surface area (Å²) in [6.07, 6.45) is 0. The average molecular weight is 315 g/mol. The predicted molar refractivity (Wildman–Crippen MR) is 85.0 cm³/mol. The van der Waals surface area contributed by atoms with Crippen LogP contribution in [0.5, 0.6) is 5.75 Å². The summed E-state index contributed by atoms with van der Waals surface area (Å²) < 4.78 is 10.9. The fourth-order valence-corrected chi connectivity index (χ4v) is 2.10. The van der Waals surface area contributed by atoms with Crippen LogP contribution in [0.25, 0.3) is 11.4 Å². The van der Waals surface area contributed by atoms with Crippen molar-refractivity contribution in [1.82, 2.24) is 10.1 Å². The number of hydrogen-bond donors (Lipinski definition) is 0. The van der Waals surface area contributed by atoms with Crippen molar-refractivity contribution in [3.63, 3.8) is 0 Å². The maximum atomic E-state index is 5.98. The first-order valence-electron chi connectivity index (χ1n) is 6.90. The van der Waals surface area contributed by atoms with Gasteiger partial charge in [0.05, 0.1) is 0 Å². The molecule has 0 amide bonds. The van der Waals surface area contributed by atoms with Crippen LogP contribution in [-0.2, 0) is 6.61 Å². The zero-order valence-electron chi connectivity index (χ0n) is 12.3. The predicted octanol–water partition coefficient (Wildman–Crippen LogP) is 4.59. The number of nitrogens with zero attached hydrogens (tertiary/aromatic N) is 2. The third-order valence-electron chi connectivity index (χ3n) is 3.27. The first-order valence-corrected chi connectivity index (χ1v) is 7.28. The minimum Gasteiger partial charge on any atom is -0.484 e. The third-order valence-corrected chi connectivity index (χ3v) is 3.69. The van der Waals surface area contributed by atoms with E-state index in [4.69, 9.17) is 20.9 Å². The minimum atomic E-state index is 0.222. The van der Waals surface area contributed by atoms with Crippen LogP contribution in [0.2, 0.25) is 5.02 Å². The Morgan fingerprint density at radius 1 is 1.09 bits per heavy atom. The smallest absolute Gasteiger partial charge is 0.264 e. The number of benzene rings is 2. The fourth-order valence-electron chi connectivity index (χ4n) is 1.99. The van der Waals surface area contributed by atoms with E-state index in [1.165, 1.54) is 5.56 Å². The molecule has 1 aromatic heterocycles. The van der Waals surface area contributed by atoms with Crippen LogP contribution >= 0.6 is 11.6 Å². The molecule has 0 saturated carbocycles. The second-order valence-electron chi connectivity index (χ2n) is 5.08. The van der Waals surface area contributed by atoms with Crippen LogP contribution < -0.4 is 4.74 Å². The zero-order valence-corrected chi connectivity index (χ0v) is 13.1. The standard InChI is InChI=1S/C17H15ClN2O2/c1-11-3-5-13(6-4-11)17-19-16(22-20-17)10-21-14-7-8-15(18)12(2)9-14/h3-9H,10H2,1-2H3. The van der Waals surface area contributed by atoms with Gasteiger partial charge in [-0.2, -0.15) is 4.98 Å². The van der Waals surface area contributed by atoms with Crippen molar-refractivity contribution in [2.45, 2.75) is 20.5 Å². The van der Waals surface area contributed by atoms with E-state index < -0.39 is 0 Å². The van der Waals surface area contributed by atoms with Gasteiger partial charge in [0.1, 0.15) is 5.75 Å². The van der Waals surface area contributed by atoms with Crippen molar-refractivity contribution in [1.29, 1.82) is 0 Å². The summed E-state index contributed by atoms with van der Waals surface area (Å²) in [4.78, 5) is 4.34. The summed E-state index contributed by atoms with van der Waals surface area (Å²) in [5, 5.41) is 4.69. The van der Waals surface area contributed by atoms with Gasteiger partial charge in [0.15, 0.2) is 6.61 Å². The first kappa shape index (κ1) is 14.6. The molecule has 0 unspecified atom stereocenters. The van der Waals surface area contributed by atoms with Crippen LogP contribution in [0.15, 0.2) is 47.0 Å². The number of rotatable bonds is 4. The Labute approximate surface area is 133 Å². The van der Waals surface area contributed by atoms with Crippen molar-refractivity contribution in [3.8, 4) is 17.1 Å². The average Bonchev–Trinajstić information content (AvgIpc) is 2.98. The summed E-state index contributed by atoms with van der Waals surface area (Å²) in [5.41, 5.74) is 3.07. The monoisotopic (exact) mass is 314 g/mol. The molecule has 0 spiro atoms. The molecular weight excluding hydrogens is 300 g/mol. The van der Waals surface area contributed by atoms with Crippen LogP contribution in [0.3, 0.4) is 0 Å². The highest BCUT2D eigenvalue weighted by atomic mass is 35.5. The van der Waals surface area contributed by atoms with Gasteiger partial charge >= 0.3 is 0 Å². The van der Waals surface area contributed by atoms with E-state index >= 15 is 0 Å². The number of halogens is 1. The molecule has 1 heterocycles.